The average molecular weight is 289 g/mol. The van der Waals surface area contributed by atoms with E-state index in [2.05, 4.69) is 26.9 Å². The van der Waals surface area contributed by atoms with Gasteiger partial charge in [0.2, 0.25) is 0 Å². The van der Waals surface area contributed by atoms with E-state index < -0.39 is 0 Å². The fourth-order valence-corrected chi connectivity index (χ4v) is 3.82. The van der Waals surface area contributed by atoms with Gasteiger partial charge in [-0.1, -0.05) is 25.3 Å². The van der Waals surface area contributed by atoms with Crippen molar-refractivity contribution >= 4 is 5.82 Å². The quantitative estimate of drug-likeness (QED) is 0.922. The summed E-state index contributed by atoms with van der Waals surface area (Å²) in [6, 6.07) is 6.11. The van der Waals surface area contributed by atoms with Crippen molar-refractivity contribution in [1.82, 2.24) is 9.88 Å². The number of nitrogens with zero attached hydrogens (tertiary/aromatic N) is 3. The second kappa shape index (κ2) is 6.75. The summed E-state index contributed by atoms with van der Waals surface area (Å²) < 4.78 is 0. The number of aromatic nitrogens is 1. The Balaban J connectivity index is 1.53. The van der Waals surface area contributed by atoms with Crippen LogP contribution in [-0.2, 0) is 0 Å². The van der Waals surface area contributed by atoms with Gasteiger partial charge in [-0.05, 0) is 25.0 Å². The van der Waals surface area contributed by atoms with Crippen molar-refractivity contribution in [1.29, 1.82) is 0 Å². The Bertz CT molecular complexity index is 423. The van der Waals surface area contributed by atoms with E-state index in [1.807, 2.05) is 12.3 Å². The maximum Gasteiger partial charge on any atom is 0.128 e. The summed E-state index contributed by atoms with van der Waals surface area (Å²) in [5.41, 5.74) is 0.172. The highest BCUT2D eigenvalue weighted by molar-refractivity contribution is 5.38. The summed E-state index contributed by atoms with van der Waals surface area (Å²) in [4.78, 5) is 9.35. The molecule has 0 unspecified atom stereocenters. The molecule has 1 aliphatic carbocycles. The van der Waals surface area contributed by atoms with Gasteiger partial charge in [0.1, 0.15) is 5.82 Å². The van der Waals surface area contributed by atoms with Crippen molar-refractivity contribution in [2.75, 3.05) is 44.2 Å². The Kier molecular flexibility index (Phi) is 4.76. The molecular weight excluding hydrogens is 262 g/mol. The van der Waals surface area contributed by atoms with Crippen LogP contribution in [0.1, 0.15) is 32.1 Å². The predicted molar refractivity (Wildman–Crippen MR) is 85.5 cm³/mol. The molecule has 0 radical (unpaired) electrons. The maximum atomic E-state index is 9.86. The van der Waals surface area contributed by atoms with Crippen LogP contribution in [0.2, 0.25) is 0 Å². The fraction of sp³-hybridized carbons (Fsp3) is 0.706. The summed E-state index contributed by atoms with van der Waals surface area (Å²) in [7, 11) is 0. The summed E-state index contributed by atoms with van der Waals surface area (Å²) in [6.07, 6.45) is 8.18. The number of anilines is 1. The largest absolute Gasteiger partial charge is 0.396 e. The lowest BCUT2D eigenvalue weighted by atomic mass is 9.74. The molecule has 116 valence electrons. The van der Waals surface area contributed by atoms with Crippen LogP contribution < -0.4 is 4.90 Å². The first-order valence-corrected chi connectivity index (χ1v) is 8.31. The molecule has 1 saturated heterocycles. The number of aliphatic hydroxyl groups excluding tert-OH is 1. The van der Waals surface area contributed by atoms with E-state index in [-0.39, 0.29) is 5.41 Å². The molecule has 0 amide bonds. The van der Waals surface area contributed by atoms with Gasteiger partial charge in [0.05, 0.1) is 0 Å². The third kappa shape index (κ3) is 3.55. The number of hydrogen-bond donors (Lipinski definition) is 1. The number of rotatable bonds is 4. The Morgan fingerprint density at radius 3 is 2.43 bits per heavy atom. The fourth-order valence-electron chi connectivity index (χ4n) is 3.82. The van der Waals surface area contributed by atoms with E-state index in [9.17, 15) is 5.11 Å². The molecule has 0 bridgehead atoms. The predicted octanol–water partition coefficient (Wildman–Crippen LogP) is 2.15. The van der Waals surface area contributed by atoms with Crippen molar-refractivity contribution in [3.8, 4) is 0 Å². The third-order valence-corrected chi connectivity index (χ3v) is 5.15. The van der Waals surface area contributed by atoms with Crippen LogP contribution in [0.5, 0.6) is 0 Å². The van der Waals surface area contributed by atoms with Crippen molar-refractivity contribution in [2.45, 2.75) is 32.1 Å². The standard InChI is InChI=1S/C17H27N3O/c21-15-17(7-3-1-4-8-17)14-19-10-12-20(13-11-19)16-6-2-5-9-18-16/h2,5-6,9,21H,1,3-4,7-8,10-15H2. The molecule has 3 rings (SSSR count). The number of piperazine rings is 1. The van der Waals surface area contributed by atoms with Crippen LogP contribution in [0.3, 0.4) is 0 Å². The first-order valence-electron chi connectivity index (χ1n) is 8.31. The minimum absolute atomic E-state index is 0.172. The minimum Gasteiger partial charge on any atom is -0.396 e. The summed E-state index contributed by atoms with van der Waals surface area (Å²) >= 11 is 0. The van der Waals surface area contributed by atoms with Gasteiger partial charge >= 0.3 is 0 Å². The summed E-state index contributed by atoms with van der Waals surface area (Å²) in [5, 5.41) is 9.86. The summed E-state index contributed by atoms with van der Waals surface area (Å²) in [6.45, 7) is 5.67. The molecule has 2 aliphatic rings. The van der Waals surface area contributed by atoms with E-state index in [4.69, 9.17) is 0 Å². The molecule has 1 aliphatic heterocycles. The van der Waals surface area contributed by atoms with E-state index in [0.29, 0.717) is 6.61 Å². The number of hydrogen-bond acceptors (Lipinski definition) is 4. The van der Waals surface area contributed by atoms with Gasteiger partial charge in [-0.2, -0.15) is 0 Å². The van der Waals surface area contributed by atoms with Gasteiger partial charge in [-0.25, -0.2) is 4.98 Å². The highest BCUT2D eigenvalue weighted by Crippen LogP contribution is 2.36. The van der Waals surface area contributed by atoms with E-state index >= 15 is 0 Å². The van der Waals surface area contributed by atoms with Gasteiger partial charge in [-0.15, -0.1) is 0 Å². The van der Waals surface area contributed by atoms with Crippen LogP contribution >= 0.6 is 0 Å². The lowest BCUT2D eigenvalue weighted by Gasteiger charge is -2.43. The first kappa shape index (κ1) is 14.8. The van der Waals surface area contributed by atoms with Crippen molar-refractivity contribution in [3.05, 3.63) is 24.4 Å². The lowest BCUT2D eigenvalue weighted by Crippen LogP contribution is -2.51. The Hall–Kier alpha value is -1.13. The topological polar surface area (TPSA) is 39.6 Å². The van der Waals surface area contributed by atoms with Crippen molar-refractivity contribution < 1.29 is 5.11 Å². The van der Waals surface area contributed by atoms with E-state index in [1.54, 1.807) is 0 Å². The van der Waals surface area contributed by atoms with Crippen LogP contribution in [0.25, 0.3) is 0 Å². The van der Waals surface area contributed by atoms with Crippen LogP contribution in [0, 0.1) is 5.41 Å². The zero-order valence-electron chi connectivity index (χ0n) is 12.9. The molecular formula is C17H27N3O. The van der Waals surface area contributed by atoms with Crippen LogP contribution in [0.4, 0.5) is 5.82 Å². The molecule has 2 heterocycles. The normalized spacial score (nSPS) is 23.2. The zero-order valence-corrected chi connectivity index (χ0v) is 12.9. The monoisotopic (exact) mass is 289 g/mol. The molecule has 0 atom stereocenters. The van der Waals surface area contributed by atoms with Gasteiger partial charge in [-0.3, -0.25) is 4.90 Å². The Labute approximate surface area is 127 Å². The van der Waals surface area contributed by atoms with Crippen LogP contribution in [0.15, 0.2) is 24.4 Å². The number of aliphatic hydroxyl groups is 1. The second-order valence-electron chi connectivity index (χ2n) is 6.67. The lowest BCUT2D eigenvalue weighted by molar-refractivity contribution is 0.0386. The second-order valence-corrected chi connectivity index (χ2v) is 6.67. The van der Waals surface area contributed by atoms with Gasteiger partial charge in [0.15, 0.2) is 0 Å². The van der Waals surface area contributed by atoms with Crippen LogP contribution in [-0.4, -0.2) is 54.3 Å². The SMILES string of the molecule is OCC1(CN2CCN(c3ccccn3)CC2)CCCCC1. The molecule has 4 heteroatoms. The van der Waals surface area contributed by atoms with Crippen molar-refractivity contribution in [3.63, 3.8) is 0 Å². The van der Waals surface area contributed by atoms with Gasteiger partial charge < -0.3 is 10.0 Å². The highest BCUT2D eigenvalue weighted by Gasteiger charge is 2.34. The molecule has 0 spiro atoms. The molecule has 0 aromatic carbocycles. The molecule has 4 nitrogen and oxygen atoms in total. The molecule has 2 fully saturated rings. The minimum atomic E-state index is 0.172. The maximum absolute atomic E-state index is 9.86. The zero-order chi connectivity index (χ0) is 14.5. The average Bonchev–Trinajstić information content (AvgIpc) is 2.57. The van der Waals surface area contributed by atoms with E-state index in [0.717, 1.165) is 38.5 Å². The Morgan fingerprint density at radius 2 is 1.81 bits per heavy atom. The highest BCUT2D eigenvalue weighted by atomic mass is 16.3. The number of pyridine rings is 1. The molecule has 1 aromatic heterocycles. The van der Waals surface area contributed by atoms with Crippen molar-refractivity contribution in [2.24, 2.45) is 5.41 Å². The van der Waals surface area contributed by atoms with Gasteiger partial charge in [0, 0.05) is 50.9 Å². The molecule has 1 saturated carbocycles. The molecule has 1 N–H and O–H groups in total. The Morgan fingerprint density at radius 1 is 1.05 bits per heavy atom. The van der Waals surface area contributed by atoms with Gasteiger partial charge in [0.25, 0.3) is 0 Å². The smallest absolute Gasteiger partial charge is 0.128 e. The first-order chi connectivity index (χ1) is 10.3. The summed E-state index contributed by atoms with van der Waals surface area (Å²) in [5.74, 6) is 1.09. The molecule has 1 aromatic rings. The van der Waals surface area contributed by atoms with E-state index in [1.165, 1.54) is 32.1 Å². The third-order valence-electron chi connectivity index (χ3n) is 5.15. The molecule has 21 heavy (non-hydrogen) atoms.